The van der Waals surface area contributed by atoms with Crippen LogP contribution in [0.4, 0.5) is 24.7 Å². The van der Waals surface area contributed by atoms with E-state index in [1.165, 1.54) is 0 Å². The summed E-state index contributed by atoms with van der Waals surface area (Å²) in [6, 6.07) is 8.26. The quantitative estimate of drug-likeness (QED) is 0.340. The molecule has 1 aromatic carbocycles. The molecule has 1 aliphatic carbocycles. The monoisotopic (exact) mass is 518 g/mol. The van der Waals surface area contributed by atoms with Crippen LogP contribution in [0.25, 0.3) is 21.9 Å². The number of nitrogens with one attached hydrogen (secondary N) is 2. The van der Waals surface area contributed by atoms with Gasteiger partial charge in [0.2, 0.25) is 0 Å². The topological polar surface area (TPSA) is 67.7 Å². The number of anilines is 2. The van der Waals surface area contributed by atoms with E-state index in [4.69, 9.17) is 0 Å². The minimum Gasteiger partial charge on any atom is -0.382 e. The first kappa shape index (κ1) is 21.9. The highest BCUT2D eigenvalue weighted by Crippen LogP contribution is 2.35. The number of aromatic nitrogens is 4. The molecule has 0 aliphatic heterocycles. The molecule has 0 saturated heterocycles. The SMILES string of the molecule is Cn1cnc2ccnc(N[C@@H]3CCC[C@H](Nc4cc(C(F)(F)F)nc5ccc(Br)cc45)C3)c21. The number of imidazole rings is 1. The fourth-order valence-corrected chi connectivity index (χ4v) is 4.90. The van der Waals surface area contributed by atoms with Crippen molar-refractivity contribution in [3.05, 3.63) is 53.0 Å². The van der Waals surface area contributed by atoms with Gasteiger partial charge in [-0.3, -0.25) is 0 Å². The van der Waals surface area contributed by atoms with Crippen LogP contribution in [0, 0.1) is 0 Å². The normalized spacial score (nSPS) is 19.2. The lowest BCUT2D eigenvalue weighted by atomic mass is 9.90. The number of aryl methyl sites for hydroxylation is 1. The van der Waals surface area contributed by atoms with E-state index in [0.29, 0.717) is 16.6 Å². The van der Waals surface area contributed by atoms with E-state index in [1.54, 1.807) is 30.7 Å². The van der Waals surface area contributed by atoms with E-state index in [-0.39, 0.29) is 12.1 Å². The molecule has 5 rings (SSSR count). The van der Waals surface area contributed by atoms with Crippen molar-refractivity contribution >= 4 is 49.4 Å². The Bertz CT molecular complexity index is 1320. The first-order valence-electron chi connectivity index (χ1n) is 10.7. The van der Waals surface area contributed by atoms with Crippen molar-refractivity contribution in [1.82, 2.24) is 19.5 Å². The van der Waals surface area contributed by atoms with Gasteiger partial charge in [-0.15, -0.1) is 0 Å². The van der Waals surface area contributed by atoms with Gasteiger partial charge in [-0.2, -0.15) is 13.2 Å². The second-order valence-corrected chi connectivity index (χ2v) is 9.36. The summed E-state index contributed by atoms with van der Waals surface area (Å²) in [5.41, 5.74) is 1.68. The molecule has 2 atom stereocenters. The molecule has 0 amide bonds. The molecule has 0 bridgehead atoms. The largest absolute Gasteiger partial charge is 0.433 e. The van der Waals surface area contributed by atoms with E-state index in [9.17, 15) is 13.2 Å². The fourth-order valence-electron chi connectivity index (χ4n) is 4.54. The van der Waals surface area contributed by atoms with E-state index in [0.717, 1.165) is 53.1 Å². The molecule has 0 unspecified atom stereocenters. The molecule has 1 fully saturated rings. The summed E-state index contributed by atoms with van der Waals surface area (Å²) < 4.78 is 43.1. The zero-order valence-corrected chi connectivity index (χ0v) is 19.4. The lowest BCUT2D eigenvalue weighted by Crippen LogP contribution is -2.34. The van der Waals surface area contributed by atoms with E-state index in [1.807, 2.05) is 17.7 Å². The van der Waals surface area contributed by atoms with Crippen LogP contribution in [0.3, 0.4) is 0 Å². The van der Waals surface area contributed by atoms with Crippen molar-refractivity contribution < 1.29 is 13.2 Å². The third-order valence-corrected chi connectivity index (χ3v) is 6.55. The number of hydrogen-bond donors (Lipinski definition) is 2. The Labute approximate surface area is 196 Å². The second-order valence-electron chi connectivity index (χ2n) is 8.45. The lowest BCUT2D eigenvalue weighted by molar-refractivity contribution is -0.140. The summed E-state index contributed by atoms with van der Waals surface area (Å²) in [5.74, 6) is 0.774. The van der Waals surface area contributed by atoms with Crippen LogP contribution in [-0.4, -0.2) is 31.6 Å². The predicted molar refractivity (Wildman–Crippen MR) is 126 cm³/mol. The Balaban J connectivity index is 1.40. The highest BCUT2D eigenvalue weighted by molar-refractivity contribution is 9.10. The van der Waals surface area contributed by atoms with Gasteiger partial charge in [-0.05, 0) is 56.0 Å². The summed E-state index contributed by atoms with van der Waals surface area (Å²) in [7, 11) is 1.93. The molecule has 2 N–H and O–H groups in total. The van der Waals surface area contributed by atoms with Crippen LogP contribution in [-0.2, 0) is 13.2 Å². The minimum absolute atomic E-state index is 0.0210. The van der Waals surface area contributed by atoms with Gasteiger partial charge in [0, 0.05) is 40.9 Å². The Morgan fingerprint density at radius 3 is 2.61 bits per heavy atom. The van der Waals surface area contributed by atoms with Gasteiger partial charge in [0.1, 0.15) is 11.2 Å². The first-order chi connectivity index (χ1) is 15.8. The van der Waals surface area contributed by atoms with E-state index in [2.05, 4.69) is 41.5 Å². The van der Waals surface area contributed by atoms with Crippen LogP contribution in [0.1, 0.15) is 31.4 Å². The van der Waals surface area contributed by atoms with Crippen molar-refractivity contribution in [2.45, 2.75) is 43.9 Å². The molecule has 10 heteroatoms. The highest BCUT2D eigenvalue weighted by atomic mass is 79.9. The van der Waals surface area contributed by atoms with Gasteiger partial charge >= 0.3 is 6.18 Å². The minimum atomic E-state index is -4.51. The molecular weight excluding hydrogens is 497 g/mol. The fraction of sp³-hybridized carbons (Fsp3) is 0.348. The van der Waals surface area contributed by atoms with Crippen molar-refractivity contribution in [1.29, 1.82) is 0 Å². The zero-order chi connectivity index (χ0) is 23.2. The van der Waals surface area contributed by atoms with Crippen LogP contribution in [0.2, 0.25) is 0 Å². The summed E-state index contributed by atoms with van der Waals surface area (Å²) >= 11 is 3.42. The van der Waals surface area contributed by atoms with Crippen LogP contribution in [0.5, 0.6) is 0 Å². The van der Waals surface area contributed by atoms with Crippen molar-refractivity contribution in [3.63, 3.8) is 0 Å². The molecule has 172 valence electrons. The van der Waals surface area contributed by atoms with Crippen molar-refractivity contribution in [2.24, 2.45) is 7.05 Å². The van der Waals surface area contributed by atoms with Gasteiger partial charge in [0.15, 0.2) is 5.82 Å². The third-order valence-electron chi connectivity index (χ3n) is 6.06. The van der Waals surface area contributed by atoms with Crippen molar-refractivity contribution in [2.75, 3.05) is 10.6 Å². The molecule has 6 nitrogen and oxygen atoms in total. The van der Waals surface area contributed by atoms with Gasteiger partial charge < -0.3 is 15.2 Å². The molecular formula is C23H22BrF3N6. The number of alkyl halides is 3. The third kappa shape index (κ3) is 4.48. The second kappa shape index (κ2) is 8.48. The van der Waals surface area contributed by atoms with Gasteiger partial charge in [-0.1, -0.05) is 15.9 Å². The zero-order valence-electron chi connectivity index (χ0n) is 17.8. The number of halogens is 4. The molecule has 3 aromatic heterocycles. The molecule has 4 aromatic rings. The number of pyridine rings is 2. The molecule has 33 heavy (non-hydrogen) atoms. The summed E-state index contributed by atoms with van der Waals surface area (Å²) in [6.07, 6.45) is 2.53. The molecule has 0 spiro atoms. The summed E-state index contributed by atoms with van der Waals surface area (Å²) in [6.45, 7) is 0. The number of nitrogens with zero attached hydrogens (tertiary/aromatic N) is 4. The maximum absolute atomic E-state index is 13.5. The van der Waals surface area contributed by atoms with Crippen LogP contribution < -0.4 is 10.6 Å². The Morgan fingerprint density at radius 1 is 1.03 bits per heavy atom. The number of fused-ring (bicyclic) bond motifs is 2. The standard InChI is InChI=1S/C23H22BrF3N6/c1-33-12-29-18-7-8-28-22(21(18)33)31-15-4-2-3-14(10-15)30-19-11-20(23(25,26)27)32-17-6-5-13(24)9-16(17)19/h5-9,11-12,14-15H,2-4,10H2,1H3,(H,28,31)(H,30,32)/t14-,15+/m0/s1. The number of rotatable bonds is 4. The van der Waals surface area contributed by atoms with E-state index >= 15 is 0 Å². The Kier molecular flexibility index (Phi) is 5.64. The average molecular weight is 519 g/mol. The van der Waals surface area contributed by atoms with E-state index < -0.39 is 11.9 Å². The number of hydrogen-bond acceptors (Lipinski definition) is 5. The average Bonchev–Trinajstić information content (AvgIpc) is 3.15. The number of benzene rings is 1. The summed E-state index contributed by atoms with van der Waals surface area (Å²) in [5, 5.41) is 7.58. The Hall–Kier alpha value is -2.88. The predicted octanol–water partition coefficient (Wildman–Crippen LogP) is 6.13. The highest BCUT2D eigenvalue weighted by Gasteiger charge is 2.34. The molecule has 0 radical (unpaired) electrons. The molecule has 3 heterocycles. The lowest BCUT2D eigenvalue weighted by Gasteiger charge is -2.32. The maximum atomic E-state index is 13.5. The first-order valence-corrected chi connectivity index (χ1v) is 11.5. The smallest absolute Gasteiger partial charge is 0.382 e. The van der Waals surface area contributed by atoms with Crippen molar-refractivity contribution in [3.8, 4) is 0 Å². The van der Waals surface area contributed by atoms with Crippen LogP contribution >= 0.6 is 15.9 Å². The van der Waals surface area contributed by atoms with Crippen LogP contribution in [0.15, 0.2) is 47.3 Å². The molecule has 1 aliphatic rings. The maximum Gasteiger partial charge on any atom is 0.433 e. The van der Waals surface area contributed by atoms with Gasteiger partial charge in [-0.25, -0.2) is 15.0 Å². The summed E-state index contributed by atoms with van der Waals surface area (Å²) in [4.78, 5) is 12.7. The Morgan fingerprint density at radius 2 is 1.82 bits per heavy atom. The molecule has 1 saturated carbocycles. The van der Waals surface area contributed by atoms with Gasteiger partial charge in [0.05, 0.1) is 17.4 Å². The van der Waals surface area contributed by atoms with Gasteiger partial charge in [0.25, 0.3) is 0 Å².